The molecule has 0 saturated heterocycles. The first-order valence-corrected chi connectivity index (χ1v) is 7.53. The van der Waals surface area contributed by atoms with Gasteiger partial charge in [0.2, 0.25) is 0 Å². The van der Waals surface area contributed by atoms with Crippen molar-refractivity contribution in [2.45, 2.75) is 52.6 Å². The molecule has 1 aromatic rings. The number of anilines is 1. The van der Waals surface area contributed by atoms with Gasteiger partial charge in [-0.15, -0.1) is 0 Å². The maximum atomic E-state index is 6.25. The van der Waals surface area contributed by atoms with Crippen LogP contribution in [-0.4, -0.2) is 29.5 Å². The normalized spacial score (nSPS) is 11.3. The number of pyridine rings is 1. The van der Waals surface area contributed by atoms with Gasteiger partial charge in [0.1, 0.15) is 5.82 Å². The summed E-state index contributed by atoms with van der Waals surface area (Å²) in [5.74, 6) is 0.872. The summed E-state index contributed by atoms with van der Waals surface area (Å²) in [4.78, 5) is 6.99. The van der Waals surface area contributed by atoms with Gasteiger partial charge in [0.15, 0.2) is 0 Å². The molecule has 0 saturated carbocycles. The molecule has 0 amide bonds. The van der Waals surface area contributed by atoms with E-state index < -0.39 is 0 Å². The Bertz CT molecular complexity index is 380. The van der Waals surface area contributed by atoms with Crippen LogP contribution in [0.2, 0.25) is 5.02 Å². The molecule has 1 N–H and O–H groups in total. The number of nitrogens with zero attached hydrogens (tertiary/aromatic N) is 2. The molecule has 0 aliphatic heterocycles. The lowest BCUT2D eigenvalue weighted by Crippen LogP contribution is -2.31. The summed E-state index contributed by atoms with van der Waals surface area (Å²) in [5, 5.41) is 3.81. The Morgan fingerprint density at radius 2 is 2.05 bits per heavy atom. The molecule has 108 valence electrons. The van der Waals surface area contributed by atoms with Crippen LogP contribution in [0, 0.1) is 0 Å². The number of rotatable bonds is 8. The summed E-state index contributed by atoms with van der Waals surface area (Å²) in [5.41, 5.74) is 0.957. The molecule has 3 nitrogen and oxygen atoms in total. The zero-order valence-electron chi connectivity index (χ0n) is 12.5. The molecule has 1 aromatic heterocycles. The fourth-order valence-electron chi connectivity index (χ4n) is 2.01. The minimum absolute atomic E-state index is 0.507. The molecule has 0 aliphatic rings. The molecule has 1 rings (SSSR count). The zero-order valence-corrected chi connectivity index (χ0v) is 13.3. The second-order valence-electron chi connectivity index (χ2n) is 5.15. The van der Waals surface area contributed by atoms with Crippen LogP contribution in [0.1, 0.15) is 45.7 Å². The number of hydrogen-bond donors (Lipinski definition) is 1. The minimum Gasteiger partial charge on any atom is -0.373 e. The van der Waals surface area contributed by atoms with Crippen LogP contribution in [0.5, 0.6) is 0 Å². The van der Waals surface area contributed by atoms with Crippen LogP contribution in [0.25, 0.3) is 0 Å². The van der Waals surface area contributed by atoms with Crippen LogP contribution in [0.3, 0.4) is 0 Å². The van der Waals surface area contributed by atoms with E-state index in [0.717, 1.165) is 29.6 Å². The van der Waals surface area contributed by atoms with Gasteiger partial charge in [-0.3, -0.25) is 4.90 Å². The average Bonchev–Trinajstić information content (AvgIpc) is 2.39. The molecule has 4 heteroatoms. The maximum Gasteiger partial charge on any atom is 0.126 e. The highest BCUT2D eigenvalue weighted by molar-refractivity contribution is 6.31. The third-order valence-electron chi connectivity index (χ3n) is 3.31. The molecule has 0 bridgehead atoms. The highest BCUT2D eigenvalue weighted by Crippen LogP contribution is 2.19. The molecule has 0 unspecified atom stereocenters. The smallest absolute Gasteiger partial charge is 0.126 e. The molecule has 1 heterocycles. The topological polar surface area (TPSA) is 28.2 Å². The lowest BCUT2D eigenvalue weighted by atomic mass is 10.2. The van der Waals surface area contributed by atoms with E-state index >= 15 is 0 Å². The van der Waals surface area contributed by atoms with Gasteiger partial charge in [-0.1, -0.05) is 31.4 Å². The summed E-state index contributed by atoms with van der Waals surface area (Å²) in [6, 6.07) is 4.33. The van der Waals surface area contributed by atoms with Crippen molar-refractivity contribution >= 4 is 17.4 Å². The number of nitrogens with one attached hydrogen (secondary N) is 1. The van der Waals surface area contributed by atoms with Gasteiger partial charge in [-0.25, -0.2) is 4.98 Å². The van der Waals surface area contributed by atoms with Gasteiger partial charge in [-0.2, -0.15) is 0 Å². The SMILES string of the molecule is CCCCCN(Cc1nc(NC)ccc1Cl)C(C)C. The highest BCUT2D eigenvalue weighted by atomic mass is 35.5. The number of unbranched alkanes of at least 4 members (excludes halogenated alkanes) is 2. The quantitative estimate of drug-likeness (QED) is 0.726. The van der Waals surface area contributed by atoms with Crippen molar-refractivity contribution in [3.8, 4) is 0 Å². The number of halogens is 1. The third-order valence-corrected chi connectivity index (χ3v) is 3.65. The van der Waals surface area contributed by atoms with Crippen molar-refractivity contribution in [2.24, 2.45) is 0 Å². The molecule has 0 atom stereocenters. The fraction of sp³-hybridized carbons (Fsp3) is 0.667. The van der Waals surface area contributed by atoms with Crippen molar-refractivity contribution < 1.29 is 0 Å². The molecule has 19 heavy (non-hydrogen) atoms. The van der Waals surface area contributed by atoms with Crippen LogP contribution in [0.15, 0.2) is 12.1 Å². The minimum atomic E-state index is 0.507. The molecule has 0 radical (unpaired) electrons. The number of aromatic nitrogens is 1. The summed E-state index contributed by atoms with van der Waals surface area (Å²) in [6.07, 6.45) is 3.76. The fourth-order valence-corrected chi connectivity index (χ4v) is 2.18. The Balaban J connectivity index is 2.72. The summed E-state index contributed by atoms with van der Waals surface area (Å²) >= 11 is 6.25. The standard InChI is InChI=1S/C15H26ClN3/c1-5-6-7-10-19(12(2)3)11-14-13(16)8-9-15(17-4)18-14/h8-9,12H,5-7,10-11H2,1-4H3,(H,17,18). The van der Waals surface area contributed by atoms with Gasteiger partial charge in [-0.05, 0) is 38.9 Å². The van der Waals surface area contributed by atoms with Gasteiger partial charge < -0.3 is 5.32 Å². The van der Waals surface area contributed by atoms with E-state index in [1.807, 2.05) is 19.2 Å². The lowest BCUT2D eigenvalue weighted by Gasteiger charge is -2.26. The van der Waals surface area contributed by atoms with E-state index in [-0.39, 0.29) is 0 Å². The summed E-state index contributed by atoms with van der Waals surface area (Å²) in [7, 11) is 1.88. The molecule has 0 fully saturated rings. The van der Waals surface area contributed by atoms with Crippen molar-refractivity contribution in [3.63, 3.8) is 0 Å². The molecular weight excluding hydrogens is 258 g/mol. The van der Waals surface area contributed by atoms with Crippen LogP contribution >= 0.6 is 11.6 Å². The van der Waals surface area contributed by atoms with Gasteiger partial charge in [0, 0.05) is 19.6 Å². The Labute approximate surface area is 122 Å². The second kappa shape index (κ2) is 8.39. The Kier molecular flexibility index (Phi) is 7.17. The van der Waals surface area contributed by atoms with Gasteiger partial charge in [0.05, 0.1) is 10.7 Å². The highest BCUT2D eigenvalue weighted by Gasteiger charge is 2.13. The Morgan fingerprint density at radius 3 is 2.63 bits per heavy atom. The van der Waals surface area contributed by atoms with E-state index in [0.29, 0.717) is 6.04 Å². The van der Waals surface area contributed by atoms with Crippen LogP contribution in [-0.2, 0) is 6.54 Å². The van der Waals surface area contributed by atoms with E-state index in [1.54, 1.807) is 0 Å². The van der Waals surface area contributed by atoms with Gasteiger partial charge in [0.25, 0.3) is 0 Å². The van der Waals surface area contributed by atoms with Crippen molar-refractivity contribution in [1.29, 1.82) is 0 Å². The van der Waals surface area contributed by atoms with E-state index in [1.165, 1.54) is 19.3 Å². The van der Waals surface area contributed by atoms with E-state index in [4.69, 9.17) is 11.6 Å². The third kappa shape index (κ3) is 5.37. The summed E-state index contributed by atoms with van der Waals surface area (Å²) in [6.45, 7) is 8.60. The zero-order chi connectivity index (χ0) is 14.3. The largest absolute Gasteiger partial charge is 0.373 e. The first-order valence-electron chi connectivity index (χ1n) is 7.15. The van der Waals surface area contributed by atoms with Crippen molar-refractivity contribution in [2.75, 3.05) is 18.9 Å². The van der Waals surface area contributed by atoms with E-state index in [2.05, 4.69) is 36.0 Å². The maximum absolute atomic E-state index is 6.25. The molecule has 0 aromatic carbocycles. The number of hydrogen-bond acceptors (Lipinski definition) is 3. The van der Waals surface area contributed by atoms with Crippen LogP contribution < -0.4 is 5.32 Å². The lowest BCUT2D eigenvalue weighted by molar-refractivity contribution is 0.206. The molecule has 0 aliphatic carbocycles. The summed E-state index contributed by atoms with van der Waals surface area (Å²) < 4.78 is 0. The molecule has 0 spiro atoms. The van der Waals surface area contributed by atoms with Crippen molar-refractivity contribution in [1.82, 2.24) is 9.88 Å². The Morgan fingerprint density at radius 1 is 1.32 bits per heavy atom. The predicted molar refractivity (Wildman–Crippen MR) is 83.9 cm³/mol. The molecular formula is C15H26ClN3. The second-order valence-corrected chi connectivity index (χ2v) is 5.55. The monoisotopic (exact) mass is 283 g/mol. The first-order chi connectivity index (χ1) is 9.08. The Hall–Kier alpha value is -0.800. The van der Waals surface area contributed by atoms with Gasteiger partial charge >= 0.3 is 0 Å². The first kappa shape index (κ1) is 16.3. The average molecular weight is 284 g/mol. The van der Waals surface area contributed by atoms with Crippen molar-refractivity contribution in [3.05, 3.63) is 22.8 Å². The van der Waals surface area contributed by atoms with Crippen LogP contribution in [0.4, 0.5) is 5.82 Å². The predicted octanol–water partition coefficient (Wildman–Crippen LogP) is 4.18. The van der Waals surface area contributed by atoms with E-state index in [9.17, 15) is 0 Å².